The van der Waals surface area contributed by atoms with E-state index in [-0.39, 0.29) is 21.8 Å². The van der Waals surface area contributed by atoms with Crippen LogP contribution in [0.4, 0.5) is 0 Å². The largest absolute Gasteiger partial charge is 0.491 e. The van der Waals surface area contributed by atoms with Gasteiger partial charge in [-0.3, -0.25) is 0 Å². The molecule has 3 aliphatic heterocycles. The van der Waals surface area contributed by atoms with E-state index in [0.29, 0.717) is 90.2 Å². The number of rotatable bonds is 27. The van der Waals surface area contributed by atoms with Gasteiger partial charge < -0.3 is 56.8 Å². The van der Waals surface area contributed by atoms with E-state index in [2.05, 4.69) is 109 Å². The molecule has 3 fully saturated rings. The molecule has 0 spiro atoms. The molecule has 0 aromatic heterocycles. The fourth-order valence-electron chi connectivity index (χ4n) is 8.82. The maximum absolute atomic E-state index is 6.01. The summed E-state index contributed by atoms with van der Waals surface area (Å²) in [5.41, 5.74) is 0. The van der Waals surface area contributed by atoms with Gasteiger partial charge in [0.1, 0.15) is 71.6 Å². The summed E-state index contributed by atoms with van der Waals surface area (Å²) in [5.74, 6) is 9.56. The lowest BCUT2D eigenvalue weighted by Crippen LogP contribution is -2.26. The van der Waals surface area contributed by atoms with Gasteiger partial charge in [-0.15, -0.1) is 0 Å². The van der Waals surface area contributed by atoms with Gasteiger partial charge in [-0.2, -0.15) is 0 Å². The summed E-state index contributed by atoms with van der Waals surface area (Å²) in [6, 6.07) is 38.7. The second kappa shape index (κ2) is 34.9. The highest BCUT2D eigenvalue weighted by Gasteiger charge is 2.30. The third-order valence-corrected chi connectivity index (χ3v) is 19.4. The highest BCUT2D eigenvalue weighted by molar-refractivity contribution is 7.97. The summed E-state index contributed by atoms with van der Waals surface area (Å²) in [5, 5.41) is 7.50. The van der Waals surface area contributed by atoms with E-state index in [4.69, 9.17) is 56.8 Å². The van der Waals surface area contributed by atoms with E-state index in [9.17, 15) is 0 Å². The van der Waals surface area contributed by atoms with Crippen molar-refractivity contribution in [2.45, 2.75) is 35.5 Å². The van der Waals surface area contributed by atoms with Gasteiger partial charge in [0, 0.05) is 84.8 Å². The molecule has 15 heteroatoms. The Kier molecular flexibility index (Phi) is 27.4. The van der Waals surface area contributed by atoms with E-state index in [1.165, 1.54) is 47.0 Å². The van der Waals surface area contributed by atoms with Gasteiger partial charge in [0.15, 0.2) is 14.7 Å². The van der Waals surface area contributed by atoms with Crippen molar-refractivity contribution in [2.75, 3.05) is 173 Å². The minimum Gasteiger partial charge on any atom is -0.491 e. The van der Waals surface area contributed by atoms with Gasteiger partial charge in [-0.05, 0) is 75.4 Å². The summed E-state index contributed by atoms with van der Waals surface area (Å²) in [7, 11) is 0.839. The fourth-order valence-corrected chi connectivity index (χ4v) is 14.9. The van der Waals surface area contributed by atoms with Gasteiger partial charge in [-0.25, -0.2) is 0 Å². The second-order valence-electron chi connectivity index (χ2n) is 17.3. The standard InChI is InChI=1S/C22H31O5S.C20H27O4S.C18H23O3S/c1-2-23-9-10-24-11-12-25-13-14-27-21-7-8-22(28-17-15-26-16-18-28)20-6-4-3-5-19(20)21;1-2-21-9-10-22-11-12-24-19-7-8-20(25-15-13-23-14-16-25)18-6-4-3-5-17(18)19;1-2-19-9-10-21-17-7-8-18(22-13-11-20-12-14-22)16-6-4-3-5-15(16)17/h3-8H,2,9-18H2,1H3;3-8H,2,9-16H2,1H3;3-8H,2,9-14H2,1H3/q3*+1. The third-order valence-electron chi connectivity index (χ3n) is 12.5. The molecule has 75 heavy (non-hydrogen) atoms. The van der Waals surface area contributed by atoms with Crippen molar-refractivity contribution in [1.82, 2.24) is 0 Å². The summed E-state index contributed by atoms with van der Waals surface area (Å²) in [4.78, 5) is 4.34. The minimum absolute atomic E-state index is 0.266. The summed E-state index contributed by atoms with van der Waals surface area (Å²) < 4.78 is 66.8. The van der Waals surface area contributed by atoms with Crippen LogP contribution in [0, 0.1) is 0 Å². The van der Waals surface area contributed by atoms with Crippen molar-refractivity contribution in [3.8, 4) is 17.2 Å². The van der Waals surface area contributed by atoms with Gasteiger partial charge >= 0.3 is 0 Å². The molecule has 12 nitrogen and oxygen atoms in total. The zero-order valence-corrected chi connectivity index (χ0v) is 47.1. The molecule has 0 N–H and O–H groups in total. The molecule has 0 radical (unpaired) electrons. The monoisotopic (exact) mass is 1090 g/mol. The van der Waals surface area contributed by atoms with Crippen LogP contribution >= 0.6 is 0 Å². The zero-order chi connectivity index (χ0) is 52.0. The first-order valence-electron chi connectivity index (χ1n) is 26.9. The molecule has 0 saturated carbocycles. The number of ether oxygens (including phenoxy) is 12. The molecule has 6 aromatic rings. The van der Waals surface area contributed by atoms with Gasteiger partial charge in [0.2, 0.25) is 0 Å². The fraction of sp³-hybridized carbons (Fsp3) is 0.500. The third kappa shape index (κ3) is 19.0. The Balaban J connectivity index is 0.000000165. The Morgan fingerprint density at radius 1 is 0.293 bits per heavy atom. The average Bonchev–Trinajstić information content (AvgIpc) is 3.48. The number of benzene rings is 6. The van der Waals surface area contributed by atoms with Gasteiger partial charge in [-0.1, -0.05) is 54.6 Å². The van der Waals surface area contributed by atoms with E-state index < -0.39 is 0 Å². The number of hydrogen-bond donors (Lipinski definition) is 0. The van der Waals surface area contributed by atoms with Crippen LogP contribution < -0.4 is 14.2 Å². The molecule has 0 unspecified atom stereocenters. The Labute approximate surface area is 454 Å². The lowest BCUT2D eigenvalue weighted by Gasteiger charge is -2.17. The highest BCUT2D eigenvalue weighted by Crippen LogP contribution is 2.36. The molecule has 0 amide bonds. The molecule has 408 valence electrons. The van der Waals surface area contributed by atoms with Crippen LogP contribution in [0.25, 0.3) is 32.3 Å². The highest BCUT2D eigenvalue weighted by atomic mass is 32.2. The number of hydrogen-bond acceptors (Lipinski definition) is 12. The van der Waals surface area contributed by atoms with E-state index in [1.807, 2.05) is 20.8 Å². The first-order valence-corrected chi connectivity index (χ1v) is 31.5. The molecular weight excluding hydrogens is 1010 g/mol. The van der Waals surface area contributed by atoms with Gasteiger partial charge in [0.25, 0.3) is 0 Å². The Hall–Kier alpha value is -3.81. The van der Waals surface area contributed by atoms with Crippen LogP contribution in [-0.4, -0.2) is 173 Å². The van der Waals surface area contributed by atoms with Crippen molar-refractivity contribution in [3.05, 3.63) is 109 Å². The molecule has 3 saturated heterocycles. The van der Waals surface area contributed by atoms with Crippen LogP contribution in [-0.2, 0) is 75.3 Å². The Morgan fingerprint density at radius 3 is 0.813 bits per heavy atom. The molecule has 0 aliphatic carbocycles. The molecular formula is C60H81O12S3+3. The molecule has 3 heterocycles. The molecule has 6 aromatic carbocycles. The molecule has 9 rings (SSSR count). The second-order valence-corrected chi connectivity index (χ2v) is 24.1. The van der Waals surface area contributed by atoms with E-state index in [1.54, 1.807) is 0 Å². The van der Waals surface area contributed by atoms with Gasteiger partial charge in [0.05, 0.1) is 99.1 Å². The van der Waals surface area contributed by atoms with Crippen molar-refractivity contribution in [1.29, 1.82) is 0 Å². The van der Waals surface area contributed by atoms with E-state index in [0.717, 1.165) is 111 Å². The lowest BCUT2D eigenvalue weighted by atomic mass is 10.1. The van der Waals surface area contributed by atoms with Crippen LogP contribution in [0.15, 0.2) is 124 Å². The van der Waals surface area contributed by atoms with Crippen molar-refractivity contribution in [3.63, 3.8) is 0 Å². The topological polar surface area (TPSA) is 111 Å². The molecule has 0 atom stereocenters. The summed E-state index contributed by atoms with van der Waals surface area (Å²) in [6.45, 7) is 20.4. The maximum Gasteiger partial charge on any atom is 0.163 e. The SMILES string of the molecule is CCOCCOCCOCCOc1ccc([S+]2CCOCC2)c2ccccc12.CCOCCOCCOc1ccc([S+]2CCOCC2)c2ccccc12.CCOCCOc1ccc([S+]2CCOCC2)c2ccccc12. The minimum atomic E-state index is 0.266. The summed E-state index contributed by atoms with van der Waals surface area (Å²) >= 11 is 0. The van der Waals surface area contributed by atoms with Crippen LogP contribution in [0.1, 0.15) is 20.8 Å². The number of fused-ring (bicyclic) bond motifs is 3. The van der Waals surface area contributed by atoms with Crippen LogP contribution in [0.2, 0.25) is 0 Å². The average molecular weight is 1090 g/mol. The first kappa shape index (κ1) is 58.9. The smallest absolute Gasteiger partial charge is 0.163 e. The first-order chi connectivity index (χ1) is 37.2. The van der Waals surface area contributed by atoms with Crippen LogP contribution in [0.5, 0.6) is 17.2 Å². The predicted molar refractivity (Wildman–Crippen MR) is 309 cm³/mol. The van der Waals surface area contributed by atoms with Crippen LogP contribution in [0.3, 0.4) is 0 Å². The quantitative estimate of drug-likeness (QED) is 0.0362. The van der Waals surface area contributed by atoms with Crippen molar-refractivity contribution in [2.24, 2.45) is 0 Å². The maximum atomic E-state index is 6.01. The molecule has 0 bridgehead atoms. The Bertz CT molecular complexity index is 2510. The van der Waals surface area contributed by atoms with E-state index >= 15 is 0 Å². The normalized spacial score (nSPS) is 15.6. The lowest BCUT2D eigenvalue weighted by molar-refractivity contribution is 0.0115. The molecule has 3 aliphatic rings. The summed E-state index contributed by atoms with van der Waals surface area (Å²) in [6.07, 6.45) is 0. The van der Waals surface area contributed by atoms with Crippen molar-refractivity contribution < 1.29 is 56.8 Å². The predicted octanol–water partition coefficient (Wildman–Crippen LogP) is 9.84. The Morgan fingerprint density at radius 2 is 0.533 bits per heavy atom. The van der Waals surface area contributed by atoms with Crippen molar-refractivity contribution >= 4 is 65.0 Å². The zero-order valence-electron chi connectivity index (χ0n) is 44.6.